The average molecular weight is 322 g/mol. The summed E-state index contributed by atoms with van der Waals surface area (Å²) in [5, 5.41) is 2.85. The molecule has 1 heterocycles. The number of amides is 1. The molecule has 0 unspecified atom stereocenters. The van der Waals surface area contributed by atoms with Crippen LogP contribution in [0.15, 0.2) is 57.8 Å². The number of aromatic nitrogens is 1. The van der Waals surface area contributed by atoms with Gasteiger partial charge >= 0.3 is 5.63 Å². The lowest BCUT2D eigenvalue weighted by atomic mass is 10.1. The number of para-hydroxylation sites is 1. The highest BCUT2D eigenvalue weighted by atomic mass is 16.5. The molecule has 2 aromatic carbocycles. The lowest BCUT2D eigenvalue weighted by molar-refractivity contribution is 0.102. The normalized spacial score (nSPS) is 10.6. The molecule has 5 heteroatoms. The molecule has 3 aromatic rings. The molecule has 1 amide bonds. The third-order valence-electron chi connectivity index (χ3n) is 3.97. The smallest absolute Gasteiger partial charge is 0.335 e. The van der Waals surface area contributed by atoms with E-state index in [0.29, 0.717) is 11.4 Å². The lowest BCUT2D eigenvalue weighted by Gasteiger charge is -2.11. The van der Waals surface area contributed by atoms with Crippen LogP contribution in [0.5, 0.6) is 0 Å². The number of benzene rings is 2. The predicted octanol–water partition coefficient (Wildman–Crippen LogP) is 3.51. The Morgan fingerprint density at radius 3 is 2.25 bits per heavy atom. The molecule has 0 atom stereocenters. The second kappa shape index (κ2) is 6.20. The maximum absolute atomic E-state index is 12.8. The minimum atomic E-state index is -0.653. The summed E-state index contributed by atoms with van der Waals surface area (Å²) in [6.07, 6.45) is 0. The summed E-state index contributed by atoms with van der Waals surface area (Å²) in [5.41, 5.74) is 3.15. The molecule has 5 nitrogen and oxygen atoms in total. The Balaban J connectivity index is 2.07. The molecule has 0 fully saturated rings. The summed E-state index contributed by atoms with van der Waals surface area (Å²) in [7, 11) is 1.61. The summed E-state index contributed by atoms with van der Waals surface area (Å²) in [6, 6.07) is 15.0. The molecule has 0 aliphatic heterocycles. The van der Waals surface area contributed by atoms with Crippen LogP contribution in [0.2, 0.25) is 0 Å². The first-order chi connectivity index (χ1) is 11.5. The molecular weight excluding hydrogens is 304 g/mol. The van der Waals surface area contributed by atoms with E-state index in [1.165, 1.54) is 4.74 Å². The van der Waals surface area contributed by atoms with E-state index in [9.17, 15) is 9.59 Å². The second-order valence-electron chi connectivity index (χ2n) is 5.69. The quantitative estimate of drug-likeness (QED) is 0.802. The first-order valence-corrected chi connectivity index (χ1v) is 7.62. The van der Waals surface area contributed by atoms with Gasteiger partial charge in [-0.3, -0.25) is 4.79 Å². The summed E-state index contributed by atoms with van der Waals surface area (Å²) in [6.45, 7) is 3.82. The number of nitrogens with one attached hydrogen (secondary N) is 1. The van der Waals surface area contributed by atoms with E-state index in [-0.39, 0.29) is 5.56 Å². The van der Waals surface area contributed by atoms with Crippen molar-refractivity contribution in [1.82, 2.24) is 4.74 Å². The zero-order valence-corrected chi connectivity index (χ0v) is 13.8. The van der Waals surface area contributed by atoms with E-state index < -0.39 is 11.5 Å². The van der Waals surface area contributed by atoms with Crippen molar-refractivity contribution < 1.29 is 9.32 Å². The van der Waals surface area contributed by atoms with Crippen molar-refractivity contribution in [1.29, 1.82) is 0 Å². The zero-order valence-electron chi connectivity index (χ0n) is 13.8. The largest absolute Gasteiger partial charge is 0.370 e. The van der Waals surface area contributed by atoms with Gasteiger partial charge in [0, 0.05) is 18.3 Å². The molecule has 0 spiro atoms. The SMILES string of the molecule is Cc1cccc(C)c1NC(=O)c1c(-c2ccccc2)n(C)oc1=O. The van der Waals surface area contributed by atoms with Crippen LogP contribution in [0.3, 0.4) is 0 Å². The topological polar surface area (TPSA) is 64.2 Å². The van der Waals surface area contributed by atoms with Crippen molar-refractivity contribution in [2.24, 2.45) is 7.05 Å². The molecule has 1 aromatic heterocycles. The van der Waals surface area contributed by atoms with Crippen LogP contribution in [-0.2, 0) is 7.05 Å². The van der Waals surface area contributed by atoms with Gasteiger partial charge in [-0.2, -0.15) is 0 Å². The van der Waals surface area contributed by atoms with E-state index in [4.69, 9.17) is 4.52 Å². The number of carbonyl (C=O) groups is 1. The van der Waals surface area contributed by atoms with Gasteiger partial charge in [0.15, 0.2) is 5.56 Å². The Hall–Kier alpha value is -3.08. The minimum Gasteiger partial charge on any atom is -0.335 e. The molecular formula is C19H18N2O3. The van der Waals surface area contributed by atoms with Crippen molar-refractivity contribution in [2.75, 3.05) is 5.32 Å². The number of rotatable bonds is 3. The molecule has 0 saturated carbocycles. The van der Waals surface area contributed by atoms with E-state index in [0.717, 1.165) is 16.7 Å². The van der Waals surface area contributed by atoms with Crippen LogP contribution in [0.1, 0.15) is 21.5 Å². The fourth-order valence-electron chi connectivity index (χ4n) is 2.78. The lowest BCUT2D eigenvalue weighted by Crippen LogP contribution is -2.20. The van der Waals surface area contributed by atoms with Crippen molar-refractivity contribution in [2.45, 2.75) is 13.8 Å². The predicted molar refractivity (Wildman–Crippen MR) is 93.3 cm³/mol. The maximum atomic E-state index is 12.8. The maximum Gasteiger partial charge on any atom is 0.370 e. The van der Waals surface area contributed by atoms with Crippen molar-refractivity contribution in [3.05, 3.63) is 75.6 Å². The van der Waals surface area contributed by atoms with Gasteiger partial charge in [-0.1, -0.05) is 48.5 Å². The van der Waals surface area contributed by atoms with Crippen LogP contribution in [0.4, 0.5) is 5.69 Å². The van der Waals surface area contributed by atoms with Crippen LogP contribution < -0.4 is 10.9 Å². The van der Waals surface area contributed by atoms with E-state index >= 15 is 0 Å². The van der Waals surface area contributed by atoms with Gasteiger partial charge in [0.25, 0.3) is 5.91 Å². The standard InChI is InChI=1S/C19H18N2O3/c1-12-8-7-9-13(2)16(12)20-18(22)15-17(21(3)24-19(15)23)14-10-5-4-6-11-14/h4-11H,1-3H3,(H,20,22). The van der Waals surface area contributed by atoms with Crippen molar-refractivity contribution >= 4 is 11.6 Å². The molecule has 0 radical (unpaired) electrons. The third-order valence-corrected chi connectivity index (χ3v) is 3.97. The average Bonchev–Trinajstić information content (AvgIpc) is 2.86. The van der Waals surface area contributed by atoms with Gasteiger partial charge < -0.3 is 9.84 Å². The Morgan fingerprint density at radius 1 is 1.00 bits per heavy atom. The van der Waals surface area contributed by atoms with Gasteiger partial charge in [-0.15, -0.1) is 0 Å². The minimum absolute atomic E-state index is 0.00588. The Bertz CT molecular complexity index is 932. The van der Waals surface area contributed by atoms with Crippen LogP contribution in [0.25, 0.3) is 11.3 Å². The number of hydrogen-bond acceptors (Lipinski definition) is 3. The van der Waals surface area contributed by atoms with Gasteiger partial charge in [-0.25, -0.2) is 9.53 Å². The summed E-state index contributed by atoms with van der Waals surface area (Å²) >= 11 is 0. The number of anilines is 1. The fourth-order valence-corrected chi connectivity index (χ4v) is 2.78. The fraction of sp³-hybridized carbons (Fsp3) is 0.158. The molecule has 1 N–H and O–H groups in total. The second-order valence-corrected chi connectivity index (χ2v) is 5.69. The van der Waals surface area contributed by atoms with E-state index in [1.807, 2.05) is 62.4 Å². The van der Waals surface area contributed by atoms with Gasteiger partial charge in [0.05, 0.1) is 0 Å². The molecule has 0 aliphatic rings. The van der Waals surface area contributed by atoms with E-state index in [1.54, 1.807) is 7.05 Å². The van der Waals surface area contributed by atoms with Crippen LogP contribution in [0, 0.1) is 13.8 Å². The van der Waals surface area contributed by atoms with Crippen molar-refractivity contribution in [3.63, 3.8) is 0 Å². The highest BCUT2D eigenvalue weighted by Crippen LogP contribution is 2.24. The molecule has 0 bridgehead atoms. The van der Waals surface area contributed by atoms with Gasteiger partial charge in [-0.05, 0) is 25.0 Å². The Morgan fingerprint density at radius 2 is 1.62 bits per heavy atom. The summed E-state index contributed by atoms with van der Waals surface area (Å²) in [4.78, 5) is 24.9. The molecule has 0 aliphatic carbocycles. The summed E-state index contributed by atoms with van der Waals surface area (Å²) in [5.74, 6) is -0.472. The van der Waals surface area contributed by atoms with Crippen molar-refractivity contribution in [3.8, 4) is 11.3 Å². The number of nitrogens with zero attached hydrogens (tertiary/aromatic N) is 1. The monoisotopic (exact) mass is 322 g/mol. The zero-order chi connectivity index (χ0) is 17.3. The third kappa shape index (κ3) is 2.76. The molecule has 3 rings (SSSR count). The summed E-state index contributed by atoms with van der Waals surface area (Å²) < 4.78 is 6.45. The van der Waals surface area contributed by atoms with E-state index in [2.05, 4.69) is 5.32 Å². The number of aryl methyl sites for hydroxylation is 3. The number of carbonyl (C=O) groups excluding carboxylic acids is 1. The van der Waals surface area contributed by atoms with Crippen LogP contribution in [-0.4, -0.2) is 10.6 Å². The Kier molecular flexibility index (Phi) is 4.08. The number of hydrogen-bond donors (Lipinski definition) is 1. The molecule has 122 valence electrons. The highest BCUT2D eigenvalue weighted by Gasteiger charge is 2.24. The first-order valence-electron chi connectivity index (χ1n) is 7.62. The van der Waals surface area contributed by atoms with Crippen LogP contribution >= 0.6 is 0 Å². The first kappa shape index (κ1) is 15.8. The Labute approximate surface area is 139 Å². The highest BCUT2D eigenvalue weighted by molar-refractivity contribution is 6.08. The molecule has 24 heavy (non-hydrogen) atoms. The van der Waals surface area contributed by atoms with Gasteiger partial charge in [0.1, 0.15) is 5.69 Å². The van der Waals surface area contributed by atoms with Gasteiger partial charge in [0.2, 0.25) is 0 Å². The molecule has 0 saturated heterocycles.